The van der Waals surface area contributed by atoms with E-state index in [0.29, 0.717) is 10.6 Å². The quantitative estimate of drug-likeness (QED) is 0.162. The summed E-state index contributed by atoms with van der Waals surface area (Å²) in [5.74, 6) is -1.84. The van der Waals surface area contributed by atoms with E-state index < -0.39 is 17.8 Å². The van der Waals surface area contributed by atoms with Crippen LogP contribution in [0, 0.1) is 0 Å². The number of benzene rings is 12. The molecular formula is C77H51NO4. The van der Waals surface area contributed by atoms with E-state index in [2.05, 4.69) is 231 Å². The van der Waals surface area contributed by atoms with Gasteiger partial charge in [0.05, 0.1) is 5.56 Å². The van der Waals surface area contributed by atoms with E-state index >= 15 is 0 Å². The molecule has 1 aliphatic heterocycles. The molecule has 12 aromatic carbocycles. The van der Waals surface area contributed by atoms with Crippen molar-refractivity contribution in [2.45, 2.75) is 12.8 Å². The van der Waals surface area contributed by atoms with E-state index in [4.69, 9.17) is 4.84 Å². The van der Waals surface area contributed by atoms with Gasteiger partial charge in [-0.25, -0.2) is 4.79 Å². The highest BCUT2D eigenvalue weighted by Crippen LogP contribution is 2.37. The van der Waals surface area contributed by atoms with Gasteiger partial charge in [0.15, 0.2) is 0 Å². The van der Waals surface area contributed by atoms with Gasteiger partial charge < -0.3 is 4.84 Å². The molecule has 0 unspecified atom stereocenters. The Kier molecular flexibility index (Phi) is 12.8. The van der Waals surface area contributed by atoms with Gasteiger partial charge in [0, 0.05) is 12.8 Å². The molecular weight excluding hydrogens is 1000 g/mol. The minimum atomic E-state index is -0.781. The molecule has 0 spiro atoms. The Morgan fingerprint density at radius 2 is 0.390 bits per heavy atom. The van der Waals surface area contributed by atoms with Crippen molar-refractivity contribution in [2.24, 2.45) is 0 Å². The number of imide groups is 1. The average Bonchev–Trinajstić information content (AvgIpc) is 4.01. The van der Waals surface area contributed by atoms with E-state index in [0.717, 1.165) is 83.5 Å². The summed E-state index contributed by atoms with van der Waals surface area (Å²) in [4.78, 5) is 44.8. The van der Waals surface area contributed by atoms with Crippen LogP contribution in [0.2, 0.25) is 0 Å². The summed E-state index contributed by atoms with van der Waals surface area (Å²) in [7, 11) is 0. The summed E-state index contributed by atoms with van der Waals surface area (Å²) in [5, 5.41) is 0.605. The molecule has 35 aliphatic rings. The Morgan fingerprint density at radius 3 is 0.585 bits per heavy atom. The van der Waals surface area contributed by atoms with Crippen LogP contribution in [0.3, 0.4) is 0 Å². The third-order valence-electron chi connectivity index (χ3n) is 16.1. The van der Waals surface area contributed by atoms with Crippen LogP contribution < -0.4 is 0 Å². The molecule has 0 aromatic heterocycles. The zero-order valence-electron chi connectivity index (χ0n) is 44.6. The topological polar surface area (TPSA) is 63.7 Å². The van der Waals surface area contributed by atoms with Gasteiger partial charge in [-0.15, -0.1) is 5.06 Å². The molecule has 12 aromatic rings. The molecule has 5 heteroatoms. The molecule has 1 fully saturated rings. The maximum absolute atomic E-state index is 14.0. The Hall–Kier alpha value is -10.8. The largest absolute Gasteiger partial charge is 0.364 e. The van der Waals surface area contributed by atoms with Crippen molar-refractivity contribution < 1.29 is 19.2 Å². The predicted molar refractivity (Wildman–Crippen MR) is 332 cm³/mol. The molecule has 0 radical (unpaired) electrons. The Morgan fingerprint density at radius 1 is 0.232 bits per heavy atom. The number of hydrogen-bond donors (Lipinski definition) is 0. The summed E-state index contributed by atoms with van der Waals surface area (Å²) < 4.78 is 0. The van der Waals surface area contributed by atoms with Crippen LogP contribution >= 0.6 is 0 Å². The number of rotatable bonds is 2. The van der Waals surface area contributed by atoms with Gasteiger partial charge in [0.25, 0.3) is 11.8 Å². The van der Waals surface area contributed by atoms with Crippen molar-refractivity contribution in [1.29, 1.82) is 0 Å². The molecule has 34 aliphatic carbocycles. The Labute approximate surface area is 476 Å². The Balaban J connectivity index is 0.768. The second-order valence-corrected chi connectivity index (χ2v) is 21.1. The monoisotopic (exact) mass is 1050 g/mol. The van der Waals surface area contributed by atoms with Crippen molar-refractivity contribution in [3.63, 3.8) is 0 Å². The Bertz CT molecular complexity index is 4320. The van der Waals surface area contributed by atoms with Crippen LogP contribution in [0.1, 0.15) is 23.2 Å². The molecule has 5 nitrogen and oxygen atoms in total. The van der Waals surface area contributed by atoms with E-state index in [-0.39, 0.29) is 18.4 Å². The first-order valence-electron chi connectivity index (χ1n) is 27.7. The minimum absolute atomic E-state index is 0.00438. The number of hydroxylamine groups is 2. The number of nitrogens with zero attached hydrogens (tertiary/aromatic N) is 1. The molecule has 0 saturated carbocycles. The van der Waals surface area contributed by atoms with Crippen LogP contribution in [-0.2, 0) is 14.4 Å². The van der Waals surface area contributed by atoms with Crippen molar-refractivity contribution in [1.82, 2.24) is 5.06 Å². The lowest BCUT2D eigenvalue weighted by Crippen LogP contribution is -2.32. The smallest absolute Gasteiger partial charge is 0.325 e. The average molecular weight is 1050 g/mol. The lowest BCUT2D eigenvalue weighted by molar-refractivity contribution is -0.172. The van der Waals surface area contributed by atoms with E-state index in [1.54, 1.807) is 6.07 Å². The van der Waals surface area contributed by atoms with Gasteiger partial charge in [0.2, 0.25) is 0 Å². The van der Waals surface area contributed by atoms with Gasteiger partial charge in [-0.05, 0) is 140 Å². The fraction of sp³-hybridized carbons (Fsp3) is 0.0260. The van der Waals surface area contributed by atoms with E-state index in [9.17, 15) is 14.4 Å². The zero-order valence-corrected chi connectivity index (χ0v) is 44.6. The van der Waals surface area contributed by atoms with Gasteiger partial charge in [-0.1, -0.05) is 279 Å². The highest BCUT2D eigenvalue weighted by molar-refractivity contribution is 6.05. The summed E-state index contributed by atoms with van der Waals surface area (Å²) in [6, 6.07) is 101. The fourth-order valence-corrected chi connectivity index (χ4v) is 11.3. The van der Waals surface area contributed by atoms with Gasteiger partial charge in [-0.2, -0.15) is 0 Å². The lowest BCUT2D eigenvalue weighted by Gasteiger charge is -2.16. The minimum Gasteiger partial charge on any atom is -0.325 e. The first-order valence-corrected chi connectivity index (χ1v) is 27.7. The summed E-state index contributed by atoms with van der Waals surface area (Å²) >= 11 is 0. The van der Waals surface area contributed by atoms with Crippen molar-refractivity contribution in [2.75, 3.05) is 0 Å². The van der Waals surface area contributed by atoms with Crippen LogP contribution in [0.25, 0.3) is 134 Å². The second-order valence-electron chi connectivity index (χ2n) is 21.1. The summed E-state index contributed by atoms with van der Waals surface area (Å²) in [6.07, 6.45) is 0.00877. The number of hydrogen-bond acceptors (Lipinski definition) is 4. The SMILES string of the molecule is O=C(ON1C(=O)CCC1=O)c1cc2ccc1-c1ccc(cc1)-c1ccc(cc1)-c1ccc(cc1)-c1ccc(cc1)-c1ccc(cc1)-c1ccc(cc1)-c1ccc(cc1)-c1ccc(cc1)-c1ccc(cc1)-c1ccc(cc1)-c1ccc-2cc1. The molecule has 82 heavy (non-hydrogen) atoms. The maximum Gasteiger partial charge on any atom is 0.364 e. The molecule has 1 saturated heterocycles. The number of amides is 2. The third kappa shape index (κ3) is 9.82. The van der Waals surface area contributed by atoms with Crippen LogP contribution in [0.5, 0.6) is 0 Å². The van der Waals surface area contributed by atoms with E-state index in [1.165, 1.54) is 44.5 Å². The first-order chi connectivity index (χ1) is 40.3. The molecule has 388 valence electrons. The lowest BCUT2D eigenvalue weighted by atomic mass is 9.92. The summed E-state index contributed by atoms with van der Waals surface area (Å²) in [5.41, 5.74) is 26.1. The number of carbonyl (C=O) groups excluding carboxylic acids is 3. The van der Waals surface area contributed by atoms with Crippen LogP contribution in [0.15, 0.2) is 285 Å². The second kappa shape index (κ2) is 21.1. The van der Waals surface area contributed by atoms with Crippen molar-refractivity contribution >= 4 is 17.8 Å². The van der Waals surface area contributed by atoms with Gasteiger partial charge >= 0.3 is 5.97 Å². The predicted octanol–water partition coefficient (Wildman–Crippen LogP) is 19.2. The maximum atomic E-state index is 14.0. The summed E-state index contributed by atoms with van der Waals surface area (Å²) in [6.45, 7) is 0. The molecule has 24 bridgehead atoms. The van der Waals surface area contributed by atoms with Crippen LogP contribution in [0.4, 0.5) is 0 Å². The highest BCUT2D eigenvalue weighted by atomic mass is 16.7. The zero-order chi connectivity index (χ0) is 55.1. The van der Waals surface area contributed by atoms with Crippen molar-refractivity contribution in [3.8, 4) is 134 Å². The third-order valence-corrected chi connectivity index (χ3v) is 16.1. The normalized spacial score (nSPS) is 12.4. The molecule has 0 N–H and O–H groups in total. The van der Waals surface area contributed by atoms with Crippen LogP contribution in [-0.4, -0.2) is 22.8 Å². The van der Waals surface area contributed by atoms with Gasteiger partial charge in [-0.3, -0.25) is 9.59 Å². The van der Waals surface area contributed by atoms with Crippen molar-refractivity contribution in [3.05, 3.63) is 291 Å². The first kappa shape index (κ1) is 49.5. The number of carbonyl (C=O) groups is 3. The molecule has 47 rings (SSSR count). The van der Waals surface area contributed by atoms with Gasteiger partial charge in [0.1, 0.15) is 0 Å². The molecule has 1 heterocycles. The van der Waals surface area contributed by atoms with E-state index in [1.807, 2.05) is 48.5 Å². The highest BCUT2D eigenvalue weighted by Gasteiger charge is 2.34. The molecule has 2 amide bonds. The fourth-order valence-electron chi connectivity index (χ4n) is 11.3. The standard InChI is InChI=1S/C77H51NO4/c79-75-47-48-76(80)78(75)82-77(81)74-49-72-45-46-73(74)71-43-41-69(42-44-71)67-35-33-65(34-36-67)63-27-25-61(26-28-63)59-19-17-57(18-20-59)55-11-9-53(10-12-55)51-3-1-50(2-4-51)52-5-7-54(8-6-52)56-13-15-58(16-14-56)60-21-23-62(24-22-60)64-29-31-66(32-30-64)68-37-39-70(72)40-38-68/h1-46,49H,47-48H2. The molecule has 0 atom stereocenters.